The number of aromatic nitrogens is 3. The van der Waals surface area contributed by atoms with Crippen LogP contribution in [0.15, 0.2) is 47.6 Å². The number of benzene rings is 2. The lowest BCUT2D eigenvalue weighted by molar-refractivity contribution is 0.218. The third kappa shape index (κ3) is 4.44. The molecule has 8 heteroatoms. The highest BCUT2D eigenvalue weighted by Crippen LogP contribution is 2.38. The minimum Gasteiger partial charge on any atom is -0.493 e. The summed E-state index contributed by atoms with van der Waals surface area (Å²) >= 11 is 1.54. The number of halogens is 1. The van der Waals surface area contributed by atoms with Crippen molar-refractivity contribution in [1.29, 1.82) is 0 Å². The molecule has 0 atom stereocenters. The largest absolute Gasteiger partial charge is 0.493 e. The van der Waals surface area contributed by atoms with Crippen LogP contribution in [0.4, 0.5) is 4.39 Å². The fourth-order valence-electron chi connectivity index (χ4n) is 3.16. The molecule has 160 valence electrons. The molecule has 0 aliphatic rings. The lowest BCUT2D eigenvalue weighted by atomic mass is 9.83. The normalized spacial score (nSPS) is 11.5. The van der Waals surface area contributed by atoms with E-state index in [9.17, 15) is 4.39 Å². The summed E-state index contributed by atoms with van der Waals surface area (Å²) in [5.41, 5.74) is 1.27. The van der Waals surface area contributed by atoms with E-state index in [0.29, 0.717) is 18.1 Å². The molecule has 0 aliphatic heterocycles. The molecule has 3 aromatic rings. The molecule has 30 heavy (non-hydrogen) atoms. The molecule has 0 spiro atoms. The zero-order valence-electron chi connectivity index (χ0n) is 17.8. The lowest BCUT2D eigenvalue weighted by Crippen LogP contribution is -2.24. The third-order valence-electron chi connectivity index (χ3n) is 4.90. The van der Waals surface area contributed by atoms with Gasteiger partial charge in [0.1, 0.15) is 11.6 Å². The summed E-state index contributed by atoms with van der Waals surface area (Å²) in [5, 5.41) is 9.68. The van der Waals surface area contributed by atoms with E-state index in [1.807, 2.05) is 22.8 Å². The Morgan fingerprint density at radius 2 is 1.67 bits per heavy atom. The van der Waals surface area contributed by atoms with Gasteiger partial charge in [0.05, 0.1) is 26.2 Å². The van der Waals surface area contributed by atoms with Crippen LogP contribution < -0.4 is 9.47 Å². The Kier molecular flexibility index (Phi) is 6.99. The fourth-order valence-corrected chi connectivity index (χ4v) is 4.01. The highest BCUT2D eigenvalue weighted by Gasteiger charge is 2.32. The number of hydrogen-bond donors (Lipinski definition) is 0. The van der Waals surface area contributed by atoms with E-state index in [0.717, 1.165) is 28.0 Å². The van der Waals surface area contributed by atoms with Crippen LogP contribution >= 0.6 is 11.8 Å². The van der Waals surface area contributed by atoms with Crippen molar-refractivity contribution in [2.75, 3.05) is 33.7 Å². The second kappa shape index (κ2) is 9.49. The van der Waals surface area contributed by atoms with E-state index in [4.69, 9.17) is 14.2 Å². The molecule has 0 unspecified atom stereocenters. The summed E-state index contributed by atoms with van der Waals surface area (Å²) < 4.78 is 31.5. The molecule has 0 radical (unpaired) electrons. The maximum atomic E-state index is 13.5. The summed E-state index contributed by atoms with van der Waals surface area (Å²) in [6.45, 7) is 4.74. The van der Waals surface area contributed by atoms with Crippen molar-refractivity contribution >= 4 is 11.8 Å². The molecule has 0 amide bonds. The van der Waals surface area contributed by atoms with Gasteiger partial charge in [-0.3, -0.25) is 4.57 Å². The predicted molar refractivity (Wildman–Crippen MR) is 116 cm³/mol. The van der Waals surface area contributed by atoms with Crippen LogP contribution in [0.3, 0.4) is 0 Å². The minimum atomic E-state index is -0.513. The summed E-state index contributed by atoms with van der Waals surface area (Å²) in [6, 6.07) is 12.1. The predicted octanol–water partition coefficient (Wildman–Crippen LogP) is 4.49. The summed E-state index contributed by atoms with van der Waals surface area (Å²) in [7, 11) is 4.88. The van der Waals surface area contributed by atoms with E-state index in [2.05, 4.69) is 24.0 Å². The summed E-state index contributed by atoms with van der Waals surface area (Å²) in [6.07, 6.45) is 0. The number of thioether (sulfide) groups is 1. The standard InChI is InChI=1S/C22H26FN3O3S/c1-22(2,15-6-11-18(28-4)19(14-15)29-5)20-24-25-21(30-13-12-27-3)26(20)17-9-7-16(23)8-10-17/h6-11,14H,12-13H2,1-5H3. The van der Waals surface area contributed by atoms with Gasteiger partial charge in [0.25, 0.3) is 0 Å². The zero-order chi connectivity index (χ0) is 21.7. The van der Waals surface area contributed by atoms with Gasteiger partial charge >= 0.3 is 0 Å². The average molecular weight is 432 g/mol. The van der Waals surface area contributed by atoms with Crippen molar-refractivity contribution in [3.05, 3.63) is 59.7 Å². The van der Waals surface area contributed by atoms with Gasteiger partial charge < -0.3 is 14.2 Å². The molecule has 0 fully saturated rings. The van der Waals surface area contributed by atoms with Crippen molar-refractivity contribution < 1.29 is 18.6 Å². The van der Waals surface area contributed by atoms with E-state index in [1.165, 1.54) is 12.1 Å². The zero-order valence-corrected chi connectivity index (χ0v) is 18.6. The molecule has 6 nitrogen and oxygen atoms in total. The van der Waals surface area contributed by atoms with E-state index in [1.54, 1.807) is 45.2 Å². The molecule has 0 aliphatic carbocycles. The van der Waals surface area contributed by atoms with Crippen LogP contribution in [-0.2, 0) is 10.2 Å². The molecule has 0 bridgehead atoms. The molecule has 0 N–H and O–H groups in total. The summed E-state index contributed by atoms with van der Waals surface area (Å²) in [4.78, 5) is 0. The Bertz CT molecular complexity index is 990. The number of nitrogens with zero attached hydrogens (tertiary/aromatic N) is 3. The van der Waals surface area contributed by atoms with Crippen molar-refractivity contribution in [2.24, 2.45) is 0 Å². The summed E-state index contributed by atoms with van der Waals surface area (Å²) in [5.74, 6) is 2.48. The van der Waals surface area contributed by atoms with Crippen LogP contribution in [0.2, 0.25) is 0 Å². The highest BCUT2D eigenvalue weighted by molar-refractivity contribution is 7.99. The van der Waals surface area contributed by atoms with E-state index in [-0.39, 0.29) is 5.82 Å². The van der Waals surface area contributed by atoms with Gasteiger partial charge in [-0.15, -0.1) is 10.2 Å². The lowest BCUT2D eigenvalue weighted by Gasteiger charge is -2.26. The van der Waals surface area contributed by atoms with Crippen LogP contribution in [0.25, 0.3) is 5.69 Å². The maximum absolute atomic E-state index is 13.5. The molecule has 1 heterocycles. The van der Waals surface area contributed by atoms with E-state index >= 15 is 0 Å². The monoisotopic (exact) mass is 431 g/mol. The first-order valence-electron chi connectivity index (χ1n) is 9.48. The first kappa shape index (κ1) is 22.1. The number of hydrogen-bond acceptors (Lipinski definition) is 6. The van der Waals surface area contributed by atoms with Crippen molar-refractivity contribution in [3.8, 4) is 17.2 Å². The topological polar surface area (TPSA) is 58.4 Å². The Labute approximate surface area is 180 Å². The van der Waals surface area contributed by atoms with Gasteiger partial charge in [-0.25, -0.2) is 4.39 Å². The molecule has 0 saturated heterocycles. The van der Waals surface area contributed by atoms with Gasteiger partial charge in [-0.2, -0.15) is 0 Å². The average Bonchev–Trinajstić information content (AvgIpc) is 3.18. The Morgan fingerprint density at radius 1 is 0.967 bits per heavy atom. The molecule has 2 aromatic carbocycles. The van der Waals surface area contributed by atoms with Gasteiger partial charge in [0.2, 0.25) is 0 Å². The molecule has 0 saturated carbocycles. The Hall–Kier alpha value is -2.58. The van der Waals surface area contributed by atoms with Crippen LogP contribution in [0.1, 0.15) is 25.2 Å². The molecule has 3 rings (SSSR count). The second-order valence-electron chi connectivity index (χ2n) is 7.15. The van der Waals surface area contributed by atoms with Gasteiger partial charge in [-0.1, -0.05) is 17.8 Å². The van der Waals surface area contributed by atoms with Crippen LogP contribution in [-0.4, -0.2) is 48.5 Å². The van der Waals surface area contributed by atoms with Crippen molar-refractivity contribution in [2.45, 2.75) is 24.4 Å². The van der Waals surface area contributed by atoms with E-state index < -0.39 is 5.41 Å². The van der Waals surface area contributed by atoms with Crippen LogP contribution in [0.5, 0.6) is 11.5 Å². The van der Waals surface area contributed by atoms with Crippen molar-refractivity contribution in [3.63, 3.8) is 0 Å². The molecular weight excluding hydrogens is 405 g/mol. The SMILES string of the molecule is COCCSc1nnc(C(C)(C)c2ccc(OC)c(OC)c2)n1-c1ccc(F)cc1. The molecule has 1 aromatic heterocycles. The smallest absolute Gasteiger partial charge is 0.195 e. The second-order valence-corrected chi connectivity index (χ2v) is 8.22. The first-order chi connectivity index (χ1) is 14.4. The fraction of sp³-hybridized carbons (Fsp3) is 0.364. The van der Waals surface area contributed by atoms with Gasteiger partial charge in [0.15, 0.2) is 16.7 Å². The Morgan fingerprint density at radius 3 is 2.30 bits per heavy atom. The quantitative estimate of drug-likeness (QED) is 0.368. The minimum absolute atomic E-state index is 0.291. The van der Waals surface area contributed by atoms with Gasteiger partial charge in [0, 0.05) is 18.6 Å². The van der Waals surface area contributed by atoms with Crippen molar-refractivity contribution in [1.82, 2.24) is 14.8 Å². The number of rotatable bonds is 9. The van der Waals surface area contributed by atoms with Crippen LogP contribution in [0, 0.1) is 5.82 Å². The third-order valence-corrected chi connectivity index (χ3v) is 5.79. The first-order valence-corrected chi connectivity index (χ1v) is 10.5. The maximum Gasteiger partial charge on any atom is 0.195 e. The highest BCUT2D eigenvalue weighted by atomic mass is 32.2. The number of ether oxygens (including phenoxy) is 3. The number of methoxy groups -OCH3 is 3. The van der Waals surface area contributed by atoms with Gasteiger partial charge in [-0.05, 0) is 55.8 Å². The Balaban J connectivity index is 2.10. The molecular formula is C22H26FN3O3S.